The summed E-state index contributed by atoms with van der Waals surface area (Å²) in [6.45, 7) is 1.82. The number of nitro benzene ring substituents is 1. The Labute approximate surface area is 180 Å². The van der Waals surface area contributed by atoms with Crippen LogP contribution in [0.2, 0.25) is 10.0 Å². The van der Waals surface area contributed by atoms with Crippen LogP contribution in [0, 0.1) is 10.1 Å². The van der Waals surface area contributed by atoms with Gasteiger partial charge in [0.15, 0.2) is 0 Å². The molecule has 0 fully saturated rings. The summed E-state index contributed by atoms with van der Waals surface area (Å²) in [6.07, 6.45) is 2.53. The highest BCUT2D eigenvalue weighted by molar-refractivity contribution is 6.39. The maximum atomic E-state index is 12.4. The van der Waals surface area contributed by atoms with Gasteiger partial charge in [-0.25, -0.2) is 4.79 Å². The van der Waals surface area contributed by atoms with Crippen molar-refractivity contribution in [2.24, 2.45) is 0 Å². The lowest BCUT2D eigenvalue weighted by atomic mass is 10.1. The van der Waals surface area contributed by atoms with E-state index in [4.69, 9.17) is 27.9 Å². The second-order valence-electron chi connectivity index (χ2n) is 6.04. The molecule has 0 atom stereocenters. The number of amides is 1. The van der Waals surface area contributed by atoms with Gasteiger partial charge in [0.1, 0.15) is 11.4 Å². The minimum atomic E-state index is -0.626. The number of hydrogen-bond donors (Lipinski definition) is 2. The van der Waals surface area contributed by atoms with Crippen LogP contribution in [-0.4, -0.2) is 28.4 Å². The maximum absolute atomic E-state index is 12.4. The number of aromatic amines is 1. The van der Waals surface area contributed by atoms with Gasteiger partial charge in [-0.2, -0.15) is 0 Å². The Morgan fingerprint density at radius 2 is 2.00 bits per heavy atom. The van der Waals surface area contributed by atoms with Crippen LogP contribution in [0.1, 0.15) is 23.0 Å². The zero-order valence-electron chi connectivity index (χ0n) is 15.6. The monoisotopic (exact) mass is 447 g/mol. The minimum absolute atomic E-state index is 0.0477. The van der Waals surface area contributed by atoms with Crippen LogP contribution in [0.3, 0.4) is 0 Å². The minimum Gasteiger partial charge on any atom is -0.461 e. The summed E-state index contributed by atoms with van der Waals surface area (Å²) in [6, 6.07) is 8.86. The van der Waals surface area contributed by atoms with Crippen molar-refractivity contribution in [3.8, 4) is 0 Å². The number of aromatic nitrogens is 1. The Hall–Kier alpha value is -3.36. The Morgan fingerprint density at radius 1 is 1.27 bits per heavy atom. The standard InChI is InChI=1S/C20H15Cl2N3O5/c1-2-30-20(27)19-12(18-13(22)9-11(21)10-15(18)24-19)7-8-17(26)23-14-5-3-4-6-16(14)25(28)29/h3-10,24H,2H2,1H3,(H,23,26). The van der Waals surface area contributed by atoms with Crippen LogP contribution < -0.4 is 5.32 Å². The number of carbonyl (C=O) groups is 2. The third-order valence-corrected chi connectivity index (χ3v) is 4.61. The van der Waals surface area contributed by atoms with E-state index in [2.05, 4.69) is 10.3 Å². The van der Waals surface area contributed by atoms with Gasteiger partial charge in [-0.3, -0.25) is 14.9 Å². The average molecular weight is 448 g/mol. The number of nitro groups is 1. The van der Waals surface area contributed by atoms with Gasteiger partial charge in [-0.1, -0.05) is 35.3 Å². The Kier molecular flexibility index (Phi) is 6.39. The number of anilines is 1. The predicted octanol–water partition coefficient (Wildman–Crippen LogP) is 5.21. The molecule has 0 saturated carbocycles. The summed E-state index contributed by atoms with van der Waals surface area (Å²) >= 11 is 12.3. The summed E-state index contributed by atoms with van der Waals surface area (Å²) in [5, 5.41) is 14.7. The van der Waals surface area contributed by atoms with E-state index in [-0.39, 0.29) is 28.7 Å². The third kappa shape index (κ3) is 4.45. The second kappa shape index (κ2) is 8.98. The zero-order valence-corrected chi connectivity index (χ0v) is 17.1. The molecule has 30 heavy (non-hydrogen) atoms. The molecular formula is C20H15Cl2N3O5. The van der Waals surface area contributed by atoms with Crippen LogP contribution in [0.15, 0.2) is 42.5 Å². The third-order valence-electron chi connectivity index (χ3n) is 4.09. The number of benzene rings is 2. The van der Waals surface area contributed by atoms with E-state index in [1.165, 1.54) is 30.3 Å². The molecule has 2 aromatic carbocycles. The molecule has 0 bridgehead atoms. The number of halogens is 2. The van der Waals surface area contributed by atoms with Crippen LogP contribution in [0.5, 0.6) is 0 Å². The van der Waals surface area contributed by atoms with Crippen molar-refractivity contribution in [1.29, 1.82) is 0 Å². The van der Waals surface area contributed by atoms with Gasteiger partial charge >= 0.3 is 5.97 Å². The summed E-state index contributed by atoms with van der Waals surface area (Å²) in [5.41, 5.74) is 0.741. The van der Waals surface area contributed by atoms with Crippen molar-refractivity contribution in [3.63, 3.8) is 0 Å². The maximum Gasteiger partial charge on any atom is 0.355 e. The molecule has 0 saturated heterocycles. The molecule has 1 heterocycles. The smallest absolute Gasteiger partial charge is 0.355 e. The molecular weight excluding hydrogens is 433 g/mol. The number of ether oxygens (including phenoxy) is 1. The topological polar surface area (TPSA) is 114 Å². The van der Waals surface area contributed by atoms with Gasteiger partial charge < -0.3 is 15.0 Å². The predicted molar refractivity (Wildman–Crippen MR) is 115 cm³/mol. The molecule has 0 aliphatic rings. The molecule has 10 heteroatoms. The highest BCUT2D eigenvalue weighted by Crippen LogP contribution is 2.33. The van der Waals surface area contributed by atoms with Gasteiger partial charge in [0.2, 0.25) is 5.91 Å². The summed E-state index contributed by atoms with van der Waals surface area (Å²) in [5.74, 6) is -1.25. The fraction of sp³-hybridized carbons (Fsp3) is 0.100. The summed E-state index contributed by atoms with van der Waals surface area (Å²) < 4.78 is 5.06. The Balaban J connectivity index is 1.99. The van der Waals surface area contributed by atoms with Crippen molar-refractivity contribution in [3.05, 3.63) is 73.9 Å². The lowest BCUT2D eigenvalue weighted by molar-refractivity contribution is -0.383. The highest BCUT2D eigenvalue weighted by atomic mass is 35.5. The lowest BCUT2D eigenvalue weighted by Crippen LogP contribution is -2.10. The SMILES string of the molecule is CCOC(=O)c1[nH]c2cc(Cl)cc(Cl)c2c1C=CC(=O)Nc1ccccc1[N+](=O)[O-]. The fourth-order valence-corrected chi connectivity index (χ4v) is 3.47. The van der Waals surface area contributed by atoms with Gasteiger partial charge in [0.05, 0.1) is 16.6 Å². The van der Waals surface area contributed by atoms with Crippen molar-refractivity contribution < 1.29 is 19.2 Å². The molecule has 0 aliphatic carbocycles. The number of rotatable bonds is 6. The number of H-pyrrole nitrogens is 1. The normalized spacial score (nSPS) is 11.0. The molecule has 0 unspecified atom stereocenters. The molecule has 0 aliphatic heterocycles. The number of esters is 1. The van der Waals surface area contributed by atoms with E-state index >= 15 is 0 Å². The van der Waals surface area contributed by atoms with E-state index < -0.39 is 16.8 Å². The first-order valence-corrected chi connectivity index (χ1v) is 9.47. The molecule has 0 radical (unpaired) electrons. The number of para-hydroxylation sites is 2. The summed E-state index contributed by atoms with van der Waals surface area (Å²) in [4.78, 5) is 38.1. The number of nitrogens with one attached hydrogen (secondary N) is 2. The molecule has 0 spiro atoms. The van der Waals surface area contributed by atoms with Gasteiger partial charge in [-0.15, -0.1) is 0 Å². The van der Waals surface area contributed by atoms with Crippen LogP contribution >= 0.6 is 23.2 Å². The van der Waals surface area contributed by atoms with E-state index in [0.717, 1.165) is 6.08 Å². The van der Waals surface area contributed by atoms with Crippen molar-refractivity contribution in [2.45, 2.75) is 6.92 Å². The van der Waals surface area contributed by atoms with Gasteiger partial charge in [-0.05, 0) is 31.2 Å². The van der Waals surface area contributed by atoms with E-state index in [1.54, 1.807) is 19.1 Å². The van der Waals surface area contributed by atoms with Crippen molar-refractivity contribution in [1.82, 2.24) is 4.98 Å². The van der Waals surface area contributed by atoms with Crippen LogP contribution in [-0.2, 0) is 9.53 Å². The summed E-state index contributed by atoms with van der Waals surface area (Å²) in [7, 11) is 0. The molecule has 3 rings (SSSR count). The molecule has 154 valence electrons. The average Bonchev–Trinajstić information content (AvgIpc) is 3.05. The van der Waals surface area contributed by atoms with Gasteiger partial charge in [0.25, 0.3) is 5.69 Å². The zero-order chi connectivity index (χ0) is 21.8. The van der Waals surface area contributed by atoms with Crippen molar-refractivity contribution >= 4 is 63.4 Å². The molecule has 2 N–H and O–H groups in total. The first-order chi connectivity index (χ1) is 14.3. The molecule has 1 aromatic heterocycles. The fourth-order valence-electron chi connectivity index (χ4n) is 2.88. The highest BCUT2D eigenvalue weighted by Gasteiger charge is 2.20. The number of carbonyl (C=O) groups excluding carboxylic acids is 2. The largest absolute Gasteiger partial charge is 0.461 e. The molecule has 1 amide bonds. The quantitative estimate of drug-likeness (QED) is 0.233. The van der Waals surface area contributed by atoms with Crippen LogP contribution in [0.4, 0.5) is 11.4 Å². The number of hydrogen-bond acceptors (Lipinski definition) is 5. The van der Waals surface area contributed by atoms with E-state index in [9.17, 15) is 19.7 Å². The van der Waals surface area contributed by atoms with Crippen molar-refractivity contribution in [2.75, 3.05) is 11.9 Å². The second-order valence-corrected chi connectivity index (χ2v) is 6.88. The first-order valence-electron chi connectivity index (χ1n) is 8.72. The molecule has 8 nitrogen and oxygen atoms in total. The molecule has 3 aromatic rings. The number of nitrogens with zero attached hydrogens (tertiary/aromatic N) is 1. The lowest BCUT2D eigenvalue weighted by Gasteiger charge is -2.04. The van der Waals surface area contributed by atoms with E-state index in [0.29, 0.717) is 21.5 Å². The Bertz CT molecular complexity index is 1190. The Morgan fingerprint density at radius 3 is 2.70 bits per heavy atom. The first kappa shape index (κ1) is 21.4. The van der Waals surface area contributed by atoms with Crippen LogP contribution in [0.25, 0.3) is 17.0 Å². The van der Waals surface area contributed by atoms with E-state index in [1.807, 2.05) is 0 Å². The van der Waals surface area contributed by atoms with Gasteiger partial charge in [0, 0.05) is 33.6 Å². The number of fused-ring (bicyclic) bond motifs is 1.